The van der Waals surface area contributed by atoms with Crippen LogP contribution in [0.5, 0.6) is 0 Å². The molecule has 1 saturated carbocycles. The van der Waals surface area contributed by atoms with Crippen LogP contribution >= 0.6 is 11.3 Å². The van der Waals surface area contributed by atoms with Crippen LogP contribution in [0.2, 0.25) is 0 Å². The fourth-order valence-electron chi connectivity index (χ4n) is 3.85. The van der Waals surface area contributed by atoms with Crippen LogP contribution in [0.25, 0.3) is 0 Å². The number of carbonyl (C=O) groups is 1. The molecular weight excluding hydrogens is 312 g/mol. The van der Waals surface area contributed by atoms with Crippen LogP contribution in [0, 0.1) is 18.3 Å². The number of aryl methyl sites for hydroxylation is 1. The van der Waals surface area contributed by atoms with Crippen LogP contribution in [0.4, 0.5) is 4.79 Å². The number of aliphatic hydroxyl groups is 1. The van der Waals surface area contributed by atoms with E-state index in [2.05, 4.69) is 21.4 Å². The minimum Gasteiger partial charge on any atom is -0.392 e. The molecule has 5 nitrogen and oxygen atoms in total. The number of carbonyl (C=O) groups excluding carboxylic acids is 1. The zero-order valence-electron chi connectivity index (χ0n) is 13.6. The van der Waals surface area contributed by atoms with Crippen molar-refractivity contribution < 1.29 is 14.6 Å². The van der Waals surface area contributed by atoms with E-state index in [-0.39, 0.29) is 23.5 Å². The van der Waals surface area contributed by atoms with Crippen molar-refractivity contribution in [3.05, 3.63) is 21.9 Å². The first kappa shape index (κ1) is 16.7. The molecule has 6 heteroatoms. The van der Waals surface area contributed by atoms with E-state index in [0.717, 1.165) is 44.5 Å². The number of thiophene rings is 1. The Kier molecular flexibility index (Phi) is 5.24. The number of hydrogen-bond acceptors (Lipinski definition) is 4. The Bertz CT molecular complexity index is 540. The van der Waals surface area contributed by atoms with Crippen LogP contribution in [-0.4, -0.2) is 37.0 Å². The third-order valence-electron chi connectivity index (χ3n) is 5.50. The van der Waals surface area contributed by atoms with Gasteiger partial charge < -0.3 is 20.5 Å². The Morgan fingerprint density at radius 1 is 1.35 bits per heavy atom. The summed E-state index contributed by atoms with van der Waals surface area (Å²) in [4.78, 5) is 12.0. The molecule has 1 saturated heterocycles. The van der Waals surface area contributed by atoms with Crippen molar-refractivity contribution in [2.45, 2.75) is 45.3 Å². The number of hydrogen-bond donors (Lipinski definition) is 3. The molecule has 2 amide bonds. The quantitative estimate of drug-likeness (QED) is 0.790. The van der Waals surface area contributed by atoms with Crippen molar-refractivity contribution in [1.82, 2.24) is 10.6 Å². The molecule has 1 spiro atoms. The molecule has 1 aromatic heterocycles. The van der Waals surface area contributed by atoms with E-state index in [9.17, 15) is 9.90 Å². The average Bonchev–Trinajstić information content (AvgIpc) is 3.10. The Hall–Kier alpha value is -1.11. The van der Waals surface area contributed by atoms with Crippen molar-refractivity contribution in [1.29, 1.82) is 0 Å². The van der Waals surface area contributed by atoms with Crippen molar-refractivity contribution in [3.63, 3.8) is 0 Å². The van der Waals surface area contributed by atoms with E-state index in [1.165, 1.54) is 5.56 Å². The summed E-state index contributed by atoms with van der Waals surface area (Å²) in [6.45, 7) is 4.64. The molecule has 1 aromatic rings. The lowest BCUT2D eigenvalue weighted by Crippen LogP contribution is -2.43. The predicted octanol–water partition coefficient (Wildman–Crippen LogP) is 2.42. The number of amides is 2. The molecule has 1 aliphatic carbocycles. The van der Waals surface area contributed by atoms with Crippen LogP contribution in [-0.2, 0) is 11.3 Å². The fourth-order valence-corrected chi connectivity index (χ4v) is 4.70. The monoisotopic (exact) mass is 338 g/mol. The van der Waals surface area contributed by atoms with Crippen LogP contribution in [0.15, 0.2) is 10.8 Å². The van der Waals surface area contributed by atoms with Crippen molar-refractivity contribution in [2.75, 3.05) is 19.8 Å². The second-order valence-corrected chi connectivity index (χ2v) is 7.61. The van der Waals surface area contributed by atoms with Gasteiger partial charge >= 0.3 is 6.03 Å². The van der Waals surface area contributed by atoms with Crippen molar-refractivity contribution in [3.8, 4) is 0 Å². The van der Waals surface area contributed by atoms with E-state index in [1.807, 2.05) is 6.92 Å². The van der Waals surface area contributed by atoms with Gasteiger partial charge in [-0.3, -0.25) is 0 Å². The molecular formula is C17H26N2O3S. The highest BCUT2D eigenvalue weighted by Gasteiger charge is 2.48. The van der Waals surface area contributed by atoms with Gasteiger partial charge in [-0.25, -0.2) is 4.79 Å². The maximum Gasteiger partial charge on any atom is 0.315 e. The van der Waals surface area contributed by atoms with Gasteiger partial charge in [-0.05, 0) is 54.5 Å². The summed E-state index contributed by atoms with van der Waals surface area (Å²) in [6, 6.07) is -0.157. The summed E-state index contributed by atoms with van der Waals surface area (Å²) in [5, 5.41) is 20.6. The lowest BCUT2D eigenvalue weighted by molar-refractivity contribution is -0.0554. The standard InChI is InChI=1S/C17H26N2O3S/c1-12-10-23-11-14(12)9-19-16(21)18-8-13-2-3-17(15(13)20)4-6-22-7-5-17/h10-11,13,15,20H,2-9H2,1H3,(H2,18,19,21)/t13-,15-/m0/s1. The number of aliphatic hydroxyl groups excluding tert-OH is 1. The Balaban J connectivity index is 1.43. The minimum absolute atomic E-state index is 0.0227. The van der Waals surface area contributed by atoms with Crippen LogP contribution in [0.1, 0.15) is 36.8 Å². The first-order valence-corrected chi connectivity index (χ1v) is 9.34. The van der Waals surface area contributed by atoms with Gasteiger partial charge in [0.15, 0.2) is 0 Å². The maximum absolute atomic E-state index is 12.0. The summed E-state index contributed by atoms with van der Waals surface area (Å²) >= 11 is 1.65. The molecule has 2 atom stereocenters. The number of urea groups is 1. The molecule has 3 N–H and O–H groups in total. The summed E-state index contributed by atoms with van der Waals surface area (Å²) < 4.78 is 5.42. The van der Waals surface area contributed by atoms with Gasteiger partial charge in [0.2, 0.25) is 0 Å². The lowest BCUT2D eigenvalue weighted by atomic mass is 9.76. The second-order valence-electron chi connectivity index (χ2n) is 6.86. The first-order chi connectivity index (χ1) is 11.1. The third-order valence-corrected chi connectivity index (χ3v) is 6.41. The topological polar surface area (TPSA) is 70.6 Å². The smallest absolute Gasteiger partial charge is 0.315 e. The SMILES string of the molecule is Cc1cscc1CNC(=O)NC[C@@H]1CCC2(CCOCC2)[C@H]1O. The van der Waals surface area contributed by atoms with E-state index in [4.69, 9.17) is 4.74 Å². The number of nitrogens with one attached hydrogen (secondary N) is 2. The van der Waals surface area contributed by atoms with E-state index < -0.39 is 0 Å². The highest BCUT2D eigenvalue weighted by atomic mass is 32.1. The molecule has 128 valence electrons. The third kappa shape index (κ3) is 3.70. The Morgan fingerprint density at radius 2 is 2.13 bits per heavy atom. The number of ether oxygens (including phenoxy) is 1. The van der Waals surface area contributed by atoms with Gasteiger partial charge in [0, 0.05) is 37.6 Å². The molecule has 0 unspecified atom stereocenters. The van der Waals surface area contributed by atoms with Crippen molar-refractivity contribution >= 4 is 17.4 Å². The fraction of sp³-hybridized carbons (Fsp3) is 0.706. The van der Waals surface area contributed by atoms with Gasteiger partial charge in [0.05, 0.1) is 6.10 Å². The van der Waals surface area contributed by atoms with E-state index >= 15 is 0 Å². The van der Waals surface area contributed by atoms with E-state index in [0.29, 0.717) is 13.1 Å². The normalized spacial score (nSPS) is 26.3. The Morgan fingerprint density at radius 3 is 2.83 bits per heavy atom. The zero-order valence-corrected chi connectivity index (χ0v) is 14.5. The van der Waals surface area contributed by atoms with Gasteiger partial charge in [0.1, 0.15) is 0 Å². The van der Waals surface area contributed by atoms with Gasteiger partial charge in [-0.2, -0.15) is 11.3 Å². The molecule has 1 aliphatic heterocycles. The average molecular weight is 338 g/mol. The summed E-state index contributed by atoms with van der Waals surface area (Å²) in [5.41, 5.74) is 2.39. The number of rotatable bonds is 4. The van der Waals surface area contributed by atoms with E-state index in [1.54, 1.807) is 11.3 Å². The maximum atomic E-state index is 12.0. The largest absolute Gasteiger partial charge is 0.392 e. The lowest BCUT2D eigenvalue weighted by Gasteiger charge is -2.37. The molecule has 3 rings (SSSR count). The van der Waals surface area contributed by atoms with Gasteiger partial charge in [-0.15, -0.1) is 0 Å². The molecule has 0 aromatic carbocycles. The predicted molar refractivity (Wildman–Crippen MR) is 90.5 cm³/mol. The highest BCUT2D eigenvalue weighted by molar-refractivity contribution is 7.08. The zero-order chi connectivity index (χ0) is 16.3. The second kappa shape index (κ2) is 7.20. The molecule has 0 bridgehead atoms. The highest BCUT2D eigenvalue weighted by Crippen LogP contribution is 2.48. The molecule has 0 radical (unpaired) electrons. The van der Waals surface area contributed by atoms with Crippen molar-refractivity contribution in [2.24, 2.45) is 11.3 Å². The molecule has 23 heavy (non-hydrogen) atoms. The summed E-state index contributed by atoms with van der Waals surface area (Å²) in [7, 11) is 0. The molecule has 2 fully saturated rings. The van der Waals surface area contributed by atoms with Gasteiger partial charge in [-0.1, -0.05) is 0 Å². The summed E-state index contributed by atoms with van der Waals surface area (Å²) in [6.07, 6.45) is 3.57. The minimum atomic E-state index is -0.328. The molecule has 2 aliphatic rings. The van der Waals surface area contributed by atoms with Crippen LogP contribution < -0.4 is 10.6 Å². The first-order valence-electron chi connectivity index (χ1n) is 8.40. The van der Waals surface area contributed by atoms with Gasteiger partial charge in [0.25, 0.3) is 0 Å². The van der Waals surface area contributed by atoms with Crippen LogP contribution in [0.3, 0.4) is 0 Å². The summed E-state index contributed by atoms with van der Waals surface area (Å²) in [5.74, 6) is 0.154. The molecule has 2 heterocycles. The Labute approximate surface area is 141 Å².